The van der Waals surface area contributed by atoms with Crippen LogP contribution in [-0.4, -0.2) is 20.7 Å². The Balaban J connectivity index is 1.44. The average Bonchev–Trinajstić information content (AvgIpc) is 3.22. The van der Waals surface area contributed by atoms with Crippen LogP contribution >= 0.6 is 23.6 Å². The molecular weight excluding hydrogens is 340 g/mol. The van der Waals surface area contributed by atoms with E-state index in [0.717, 1.165) is 42.3 Å². The summed E-state index contributed by atoms with van der Waals surface area (Å²) < 4.78 is 2.69. The number of carbonyl (C=O) groups excluding carboxylic acids is 1. The molecule has 2 heterocycles. The molecule has 128 valence electrons. The highest BCUT2D eigenvalue weighted by molar-refractivity contribution is 7.71. The molecule has 0 spiro atoms. The first-order chi connectivity index (χ1) is 11.7. The number of fused-ring (bicyclic) bond motifs is 1. The largest absolute Gasteiger partial charge is 0.344 e. The van der Waals surface area contributed by atoms with Crippen molar-refractivity contribution in [2.45, 2.75) is 58.0 Å². The summed E-state index contributed by atoms with van der Waals surface area (Å²) in [5.41, 5.74) is 1.38. The zero-order valence-electron chi connectivity index (χ0n) is 13.8. The van der Waals surface area contributed by atoms with Crippen molar-refractivity contribution >= 4 is 29.5 Å². The number of aromatic amines is 1. The number of thiophene rings is 1. The molecule has 1 atom stereocenters. The number of nitrogens with zero attached hydrogens (tertiary/aromatic N) is 2. The molecule has 0 aromatic carbocycles. The smallest absolute Gasteiger partial charge is 0.261 e. The summed E-state index contributed by atoms with van der Waals surface area (Å²) in [4.78, 5) is 14.7. The number of H-pyrrole nitrogens is 1. The molecule has 1 fully saturated rings. The lowest BCUT2D eigenvalue weighted by atomic mass is 9.87. The maximum atomic E-state index is 12.5. The fourth-order valence-corrected chi connectivity index (χ4v) is 4.90. The zero-order valence-corrected chi connectivity index (χ0v) is 15.4. The van der Waals surface area contributed by atoms with E-state index < -0.39 is 0 Å². The Kier molecular flexibility index (Phi) is 4.30. The van der Waals surface area contributed by atoms with Gasteiger partial charge in [-0.2, -0.15) is 5.10 Å². The molecule has 2 N–H and O–H groups in total. The second-order valence-corrected chi connectivity index (χ2v) is 8.33. The van der Waals surface area contributed by atoms with Gasteiger partial charge in [0.2, 0.25) is 0 Å². The first-order valence-electron chi connectivity index (χ1n) is 8.71. The predicted octanol–water partition coefficient (Wildman–Crippen LogP) is 3.78. The van der Waals surface area contributed by atoms with Gasteiger partial charge in [0.05, 0.1) is 11.4 Å². The molecule has 2 aliphatic carbocycles. The molecule has 0 aliphatic heterocycles. The normalized spacial score (nSPS) is 20.0. The van der Waals surface area contributed by atoms with Gasteiger partial charge in [-0.05, 0) is 61.9 Å². The van der Waals surface area contributed by atoms with Crippen LogP contribution in [0.5, 0.6) is 0 Å². The summed E-state index contributed by atoms with van der Waals surface area (Å²) in [6.45, 7) is 2.67. The van der Waals surface area contributed by atoms with Crippen molar-refractivity contribution in [3.8, 4) is 0 Å². The van der Waals surface area contributed by atoms with E-state index in [2.05, 4.69) is 28.5 Å². The van der Waals surface area contributed by atoms with Gasteiger partial charge >= 0.3 is 0 Å². The molecule has 7 heteroatoms. The summed E-state index contributed by atoms with van der Waals surface area (Å²) in [5.74, 6) is 1.59. The van der Waals surface area contributed by atoms with E-state index in [1.54, 1.807) is 11.3 Å². The minimum absolute atomic E-state index is 0.00119. The van der Waals surface area contributed by atoms with Crippen molar-refractivity contribution in [1.29, 1.82) is 0 Å². The Morgan fingerprint density at radius 2 is 2.33 bits per heavy atom. The molecular formula is C17H22N4OS2. The van der Waals surface area contributed by atoms with Crippen LogP contribution in [0.4, 0.5) is 0 Å². The Morgan fingerprint density at radius 1 is 1.50 bits per heavy atom. The lowest BCUT2D eigenvalue weighted by molar-refractivity contribution is 0.0953. The molecule has 0 bridgehead atoms. The van der Waals surface area contributed by atoms with Gasteiger partial charge in [-0.25, -0.2) is 0 Å². The maximum absolute atomic E-state index is 12.5. The van der Waals surface area contributed by atoms with Gasteiger partial charge in [0.15, 0.2) is 10.6 Å². The fourth-order valence-electron chi connectivity index (χ4n) is 3.48. The average molecular weight is 363 g/mol. The van der Waals surface area contributed by atoms with Gasteiger partial charge in [0.25, 0.3) is 5.91 Å². The second kappa shape index (κ2) is 6.44. The van der Waals surface area contributed by atoms with Crippen molar-refractivity contribution in [2.75, 3.05) is 0 Å². The van der Waals surface area contributed by atoms with Crippen LogP contribution in [0.15, 0.2) is 6.07 Å². The Hall–Kier alpha value is -1.47. The lowest BCUT2D eigenvalue weighted by Gasteiger charge is -2.19. The van der Waals surface area contributed by atoms with E-state index in [9.17, 15) is 4.79 Å². The number of nitrogens with one attached hydrogen (secondary N) is 2. The number of hydrogen-bond acceptors (Lipinski definition) is 4. The SMILES string of the molecule is CCC1CCc2sc(C(=O)NCc3n[nH]c(=S)n3C3CC3)cc2C1. The number of carbonyl (C=O) groups is 1. The predicted molar refractivity (Wildman–Crippen MR) is 97.0 cm³/mol. The zero-order chi connectivity index (χ0) is 16.7. The van der Waals surface area contributed by atoms with Crippen LogP contribution in [0.25, 0.3) is 0 Å². The number of aryl methyl sites for hydroxylation is 1. The molecule has 2 aromatic heterocycles. The molecule has 1 amide bonds. The first kappa shape index (κ1) is 16.0. The van der Waals surface area contributed by atoms with E-state index in [0.29, 0.717) is 17.4 Å². The van der Waals surface area contributed by atoms with Gasteiger partial charge in [-0.15, -0.1) is 11.3 Å². The topological polar surface area (TPSA) is 62.7 Å². The molecule has 2 aliphatic rings. The van der Waals surface area contributed by atoms with E-state index in [1.165, 1.54) is 23.3 Å². The van der Waals surface area contributed by atoms with Crippen molar-refractivity contribution in [2.24, 2.45) is 5.92 Å². The fraction of sp³-hybridized carbons (Fsp3) is 0.588. The summed E-state index contributed by atoms with van der Waals surface area (Å²) in [6, 6.07) is 2.55. The molecule has 4 rings (SSSR count). The van der Waals surface area contributed by atoms with Gasteiger partial charge in [0.1, 0.15) is 0 Å². The molecule has 1 unspecified atom stereocenters. The van der Waals surface area contributed by atoms with E-state index in [4.69, 9.17) is 12.2 Å². The number of aromatic nitrogens is 3. The Bertz CT molecular complexity index is 815. The summed E-state index contributed by atoms with van der Waals surface area (Å²) >= 11 is 6.93. The van der Waals surface area contributed by atoms with Crippen molar-refractivity contribution in [3.05, 3.63) is 32.0 Å². The van der Waals surface area contributed by atoms with Crippen molar-refractivity contribution in [1.82, 2.24) is 20.1 Å². The Morgan fingerprint density at radius 3 is 3.08 bits per heavy atom. The standard InChI is InChI=1S/C17H22N4OS2/c1-2-10-3-6-13-11(7-10)8-14(24-13)16(22)18-9-15-19-20-17(23)21(15)12-4-5-12/h8,10,12H,2-7,9H2,1H3,(H,18,22)(H,20,23). The van der Waals surface area contributed by atoms with Gasteiger partial charge < -0.3 is 5.32 Å². The molecule has 24 heavy (non-hydrogen) atoms. The van der Waals surface area contributed by atoms with Crippen LogP contribution in [0, 0.1) is 10.7 Å². The summed E-state index contributed by atoms with van der Waals surface area (Å²) in [6.07, 6.45) is 7.00. The quantitative estimate of drug-likeness (QED) is 0.796. The summed E-state index contributed by atoms with van der Waals surface area (Å²) in [7, 11) is 0. The lowest BCUT2D eigenvalue weighted by Crippen LogP contribution is -2.24. The maximum Gasteiger partial charge on any atom is 0.261 e. The van der Waals surface area contributed by atoms with Crippen LogP contribution in [0.2, 0.25) is 0 Å². The highest BCUT2D eigenvalue weighted by atomic mass is 32.1. The van der Waals surface area contributed by atoms with Gasteiger partial charge in [-0.3, -0.25) is 14.5 Å². The Labute approximate surface area is 150 Å². The molecule has 0 saturated heterocycles. The highest BCUT2D eigenvalue weighted by Crippen LogP contribution is 2.36. The number of hydrogen-bond donors (Lipinski definition) is 2. The van der Waals surface area contributed by atoms with Crippen LogP contribution < -0.4 is 5.32 Å². The highest BCUT2D eigenvalue weighted by Gasteiger charge is 2.27. The van der Waals surface area contributed by atoms with Crippen molar-refractivity contribution in [3.63, 3.8) is 0 Å². The van der Waals surface area contributed by atoms with E-state index in [1.807, 2.05) is 4.57 Å². The first-order valence-corrected chi connectivity index (χ1v) is 9.93. The monoisotopic (exact) mass is 362 g/mol. The molecule has 1 saturated carbocycles. The molecule has 5 nitrogen and oxygen atoms in total. The second-order valence-electron chi connectivity index (χ2n) is 6.80. The molecule has 0 radical (unpaired) electrons. The van der Waals surface area contributed by atoms with E-state index in [-0.39, 0.29) is 5.91 Å². The van der Waals surface area contributed by atoms with Crippen LogP contribution in [0.1, 0.15) is 64.6 Å². The molecule has 2 aromatic rings. The van der Waals surface area contributed by atoms with E-state index >= 15 is 0 Å². The minimum Gasteiger partial charge on any atom is -0.344 e. The van der Waals surface area contributed by atoms with Crippen LogP contribution in [-0.2, 0) is 19.4 Å². The third-order valence-corrected chi connectivity index (χ3v) is 6.61. The third-order valence-electron chi connectivity index (χ3n) is 5.08. The summed E-state index contributed by atoms with van der Waals surface area (Å²) in [5, 5.41) is 10.1. The van der Waals surface area contributed by atoms with Gasteiger partial charge in [0, 0.05) is 10.9 Å². The third kappa shape index (κ3) is 3.07. The van der Waals surface area contributed by atoms with Crippen molar-refractivity contribution < 1.29 is 4.79 Å². The number of amides is 1. The van der Waals surface area contributed by atoms with Crippen LogP contribution in [0.3, 0.4) is 0 Å². The van der Waals surface area contributed by atoms with Gasteiger partial charge in [-0.1, -0.05) is 13.3 Å². The number of rotatable bonds is 5. The minimum atomic E-state index is -0.00119.